The first kappa shape index (κ1) is 14.8. The van der Waals surface area contributed by atoms with Crippen molar-refractivity contribution in [3.05, 3.63) is 29.8 Å². The normalized spacial score (nSPS) is 25.5. The Hall–Kier alpha value is -0.643. The van der Waals surface area contributed by atoms with Crippen molar-refractivity contribution < 1.29 is 0 Å². The summed E-state index contributed by atoms with van der Waals surface area (Å²) >= 11 is 0. The van der Waals surface area contributed by atoms with Gasteiger partial charge in [0.25, 0.3) is 0 Å². The molecule has 0 saturated carbocycles. The van der Waals surface area contributed by atoms with Crippen LogP contribution in [-0.4, -0.2) is 38.1 Å². The van der Waals surface area contributed by atoms with Crippen molar-refractivity contribution >= 4 is 13.3 Å². The summed E-state index contributed by atoms with van der Waals surface area (Å²) in [4.78, 5) is 2.56. The fourth-order valence-corrected chi connectivity index (χ4v) is 4.10. The second-order valence-corrected chi connectivity index (χ2v) is 12.2. The molecule has 1 fully saturated rings. The van der Waals surface area contributed by atoms with Gasteiger partial charge in [0.1, 0.15) is 0 Å². The fourth-order valence-electron chi connectivity index (χ4n) is 2.94. The second kappa shape index (κ2) is 5.78. The first-order valence-electron chi connectivity index (χ1n) is 7.42. The van der Waals surface area contributed by atoms with Gasteiger partial charge in [-0.1, -0.05) is 49.1 Å². The molecule has 106 valence electrons. The van der Waals surface area contributed by atoms with Gasteiger partial charge in [0, 0.05) is 31.7 Å². The SMILES string of the molecule is CC1CN(Cc2ccc([Si](C)(C)C)cc2)CC(C)N1. The van der Waals surface area contributed by atoms with E-state index >= 15 is 0 Å². The molecule has 3 heteroatoms. The molecule has 0 bridgehead atoms. The second-order valence-electron chi connectivity index (χ2n) is 7.11. The van der Waals surface area contributed by atoms with Crippen molar-refractivity contribution in [1.29, 1.82) is 0 Å². The predicted octanol–water partition coefficient (Wildman–Crippen LogP) is 2.41. The Kier molecular flexibility index (Phi) is 4.49. The van der Waals surface area contributed by atoms with Gasteiger partial charge in [-0.15, -0.1) is 0 Å². The highest BCUT2D eigenvalue weighted by molar-refractivity contribution is 6.88. The molecule has 1 aliphatic heterocycles. The topological polar surface area (TPSA) is 15.3 Å². The van der Waals surface area contributed by atoms with E-state index in [0.29, 0.717) is 12.1 Å². The highest BCUT2D eigenvalue weighted by atomic mass is 28.3. The van der Waals surface area contributed by atoms with Gasteiger partial charge < -0.3 is 5.32 Å². The summed E-state index contributed by atoms with van der Waals surface area (Å²) in [5.74, 6) is 0. The van der Waals surface area contributed by atoms with Crippen LogP contribution in [0, 0.1) is 0 Å². The third-order valence-corrected chi connectivity index (χ3v) is 5.92. The Morgan fingerprint density at radius 2 is 1.58 bits per heavy atom. The Morgan fingerprint density at radius 3 is 2.05 bits per heavy atom. The van der Waals surface area contributed by atoms with Gasteiger partial charge in [-0.2, -0.15) is 0 Å². The van der Waals surface area contributed by atoms with Crippen LogP contribution in [0.15, 0.2) is 24.3 Å². The standard InChI is InChI=1S/C16H28N2Si/c1-13-10-18(11-14(2)17-13)12-15-6-8-16(9-7-15)19(3,4)5/h6-9,13-14,17H,10-12H2,1-5H3. The molecule has 2 nitrogen and oxygen atoms in total. The number of hydrogen-bond acceptors (Lipinski definition) is 2. The molecule has 1 aliphatic rings. The summed E-state index contributed by atoms with van der Waals surface area (Å²) in [6.45, 7) is 15.2. The lowest BCUT2D eigenvalue weighted by atomic mass is 10.1. The molecule has 0 radical (unpaired) electrons. The molecule has 1 N–H and O–H groups in total. The zero-order chi connectivity index (χ0) is 14.0. The average Bonchev–Trinajstić information content (AvgIpc) is 2.26. The number of piperazine rings is 1. The molecule has 19 heavy (non-hydrogen) atoms. The van der Waals surface area contributed by atoms with E-state index in [1.807, 2.05) is 0 Å². The van der Waals surface area contributed by atoms with E-state index in [9.17, 15) is 0 Å². The van der Waals surface area contributed by atoms with E-state index in [0.717, 1.165) is 19.6 Å². The molecule has 2 unspecified atom stereocenters. The van der Waals surface area contributed by atoms with E-state index in [2.05, 4.69) is 68.0 Å². The van der Waals surface area contributed by atoms with E-state index in [-0.39, 0.29) is 0 Å². The molecule has 0 amide bonds. The van der Waals surface area contributed by atoms with Gasteiger partial charge in [-0.05, 0) is 19.4 Å². The van der Waals surface area contributed by atoms with Crippen LogP contribution in [0.25, 0.3) is 0 Å². The van der Waals surface area contributed by atoms with Gasteiger partial charge in [-0.3, -0.25) is 4.90 Å². The first-order chi connectivity index (χ1) is 8.84. The quantitative estimate of drug-likeness (QED) is 0.853. The van der Waals surface area contributed by atoms with Gasteiger partial charge in [-0.25, -0.2) is 0 Å². The van der Waals surface area contributed by atoms with Crippen molar-refractivity contribution in [2.24, 2.45) is 0 Å². The zero-order valence-electron chi connectivity index (χ0n) is 13.0. The maximum atomic E-state index is 3.59. The van der Waals surface area contributed by atoms with Crippen LogP contribution in [-0.2, 0) is 6.54 Å². The minimum Gasteiger partial charge on any atom is -0.309 e. The monoisotopic (exact) mass is 276 g/mol. The summed E-state index contributed by atoms with van der Waals surface area (Å²) in [6, 6.07) is 10.5. The minimum absolute atomic E-state index is 0.602. The Morgan fingerprint density at radius 1 is 1.05 bits per heavy atom. The molecule has 1 saturated heterocycles. The number of rotatable bonds is 3. The van der Waals surface area contributed by atoms with Crippen LogP contribution in [0.2, 0.25) is 19.6 Å². The summed E-state index contributed by atoms with van der Waals surface area (Å²) < 4.78 is 0. The Bertz CT molecular complexity index is 398. The van der Waals surface area contributed by atoms with Crippen LogP contribution < -0.4 is 10.5 Å². The van der Waals surface area contributed by atoms with E-state index < -0.39 is 8.07 Å². The maximum absolute atomic E-state index is 3.59. The summed E-state index contributed by atoms with van der Waals surface area (Å²) in [5, 5.41) is 5.14. The molecule has 1 aromatic carbocycles. The summed E-state index contributed by atoms with van der Waals surface area (Å²) in [7, 11) is -1.15. The molecular formula is C16H28N2Si. The molecule has 2 rings (SSSR count). The molecule has 0 aliphatic carbocycles. The number of nitrogens with one attached hydrogen (secondary N) is 1. The lowest BCUT2D eigenvalue weighted by Gasteiger charge is -2.36. The fraction of sp³-hybridized carbons (Fsp3) is 0.625. The minimum atomic E-state index is -1.15. The third kappa shape index (κ3) is 4.16. The summed E-state index contributed by atoms with van der Waals surface area (Å²) in [5.41, 5.74) is 1.45. The van der Waals surface area contributed by atoms with E-state index in [4.69, 9.17) is 0 Å². The number of benzene rings is 1. The largest absolute Gasteiger partial charge is 0.309 e. The van der Waals surface area contributed by atoms with E-state index in [1.165, 1.54) is 5.56 Å². The number of nitrogens with zero attached hydrogens (tertiary/aromatic N) is 1. The highest BCUT2D eigenvalue weighted by Gasteiger charge is 2.21. The molecule has 1 aromatic rings. The maximum Gasteiger partial charge on any atom is 0.0775 e. The summed E-state index contributed by atoms with van der Waals surface area (Å²) in [6.07, 6.45) is 0. The van der Waals surface area contributed by atoms with Crippen LogP contribution in [0.1, 0.15) is 19.4 Å². The zero-order valence-corrected chi connectivity index (χ0v) is 14.0. The van der Waals surface area contributed by atoms with Crippen LogP contribution >= 0.6 is 0 Å². The van der Waals surface area contributed by atoms with Crippen LogP contribution in [0.4, 0.5) is 0 Å². The van der Waals surface area contributed by atoms with E-state index in [1.54, 1.807) is 5.19 Å². The highest BCUT2D eigenvalue weighted by Crippen LogP contribution is 2.11. The first-order valence-corrected chi connectivity index (χ1v) is 10.9. The molecular weight excluding hydrogens is 248 g/mol. The van der Waals surface area contributed by atoms with Crippen molar-refractivity contribution in [3.8, 4) is 0 Å². The third-order valence-electron chi connectivity index (χ3n) is 3.86. The van der Waals surface area contributed by atoms with Crippen LogP contribution in [0.3, 0.4) is 0 Å². The van der Waals surface area contributed by atoms with Crippen molar-refractivity contribution in [1.82, 2.24) is 10.2 Å². The van der Waals surface area contributed by atoms with Gasteiger partial charge >= 0.3 is 0 Å². The van der Waals surface area contributed by atoms with Gasteiger partial charge in [0.05, 0.1) is 8.07 Å². The van der Waals surface area contributed by atoms with Crippen molar-refractivity contribution in [2.45, 2.75) is 52.1 Å². The lowest BCUT2D eigenvalue weighted by Crippen LogP contribution is -2.53. The average molecular weight is 276 g/mol. The molecule has 1 heterocycles. The van der Waals surface area contributed by atoms with Crippen LogP contribution in [0.5, 0.6) is 0 Å². The number of hydrogen-bond donors (Lipinski definition) is 1. The predicted molar refractivity (Wildman–Crippen MR) is 86.8 cm³/mol. The Labute approximate surface area is 119 Å². The molecule has 0 spiro atoms. The lowest BCUT2D eigenvalue weighted by molar-refractivity contribution is 0.166. The van der Waals surface area contributed by atoms with Gasteiger partial charge in [0.2, 0.25) is 0 Å². The van der Waals surface area contributed by atoms with Crippen molar-refractivity contribution in [3.63, 3.8) is 0 Å². The Balaban J connectivity index is 1.99. The molecule has 0 aromatic heterocycles. The molecule has 2 atom stereocenters. The smallest absolute Gasteiger partial charge is 0.0775 e. The van der Waals surface area contributed by atoms with Crippen molar-refractivity contribution in [2.75, 3.05) is 13.1 Å². The van der Waals surface area contributed by atoms with Gasteiger partial charge in [0.15, 0.2) is 0 Å².